The molecule has 3 nitrogen and oxygen atoms in total. The Hall–Kier alpha value is -1.81. The second-order valence-corrected chi connectivity index (χ2v) is 5.68. The topological polar surface area (TPSA) is 49.9 Å². The van der Waals surface area contributed by atoms with Crippen LogP contribution in [0.5, 0.6) is 0 Å². The van der Waals surface area contributed by atoms with Crippen LogP contribution in [-0.4, -0.2) is 16.5 Å². The van der Waals surface area contributed by atoms with E-state index in [1.54, 1.807) is 24.2 Å². The molecule has 0 spiro atoms. The molecule has 1 heterocycles. The summed E-state index contributed by atoms with van der Waals surface area (Å²) in [6.45, 7) is 0. The molecule has 0 aliphatic rings. The second kappa shape index (κ2) is 7.70. The lowest BCUT2D eigenvalue weighted by atomic mass is 10.1. The molecule has 0 amide bonds. The van der Waals surface area contributed by atoms with Crippen LogP contribution in [0.1, 0.15) is 18.4 Å². The van der Waals surface area contributed by atoms with Gasteiger partial charge in [0.2, 0.25) is 0 Å². The SMILES string of the molecule is O=C(CCCSc1ccccc1)Cc1c[nH]ccc1=O. The average Bonchev–Trinajstić information content (AvgIpc) is 2.47. The molecular formula is C16H17NO2S. The van der Waals surface area contributed by atoms with E-state index < -0.39 is 0 Å². The van der Waals surface area contributed by atoms with Gasteiger partial charge in [-0.3, -0.25) is 9.59 Å². The van der Waals surface area contributed by atoms with Gasteiger partial charge >= 0.3 is 0 Å². The van der Waals surface area contributed by atoms with Crippen LogP contribution in [0.4, 0.5) is 0 Å². The number of hydrogen-bond acceptors (Lipinski definition) is 3. The predicted molar refractivity (Wildman–Crippen MR) is 82.2 cm³/mol. The summed E-state index contributed by atoms with van der Waals surface area (Å²) in [5.74, 6) is 1.04. The molecule has 0 aliphatic heterocycles. The molecule has 1 aromatic carbocycles. The number of carbonyl (C=O) groups is 1. The van der Waals surface area contributed by atoms with E-state index in [0.29, 0.717) is 12.0 Å². The first-order chi connectivity index (χ1) is 9.75. The molecule has 2 aromatic rings. The van der Waals surface area contributed by atoms with Crippen LogP contribution in [0.3, 0.4) is 0 Å². The van der Waals surface area contributed by atoms with Gasteiger partial charge in [0.25, 0.3) is 0 Å². The zero-order valence-electron chi connectivity index (χ0n) is 11.2. The Kier molecular flexibility index (Phi) is 5.62. The van der Waals surface area contributed by atoms with E-state index in [9.17, 15) is 9.59 Å². The van der Waals surface area contributed by atoms with Gasteiger partial charge in [-0.15, -0.1) is 11.8 Å². The monoisotopic (exact) mass is 287 g/mol. The third kappa shape index (κ3) is 4.70. The highest BCUT2D eigenvalue weighted by Gasteiger charge is 2.06. The van der Waals surface area contributed by atoms with E-state index in [1.807, 2.05) is 18.2 Å². The third-order valence-electron chi connectivity index (χ3n) is 2.90. The maximum absolute atomic E-state index is 11.8. The van der Waals surface area contributed by atoms with E-state index in [-0.39, 0.29) is 17.6 Å². The highest BCUT2D eigenvalue weighted by Crippen LogP contribution is 2.18. The number of pyridine rings is 1. The first-order valence-electron chi connectivity index (χ1n) is 6.61. The Labute approximate surface area is 122 Å². The molecule has 0 radical (unpaired) electrons. The van der Waals surface area contributed by atoms with Crippen molar-refractivity contribution in [3.8, 4) is 0 Å². The van der Waals surface area contributed by atoms with Gasteiger partial charge in [0, 0.05) is 41.8 Å². The number of H-pyrrole nitrogens is 1. The van der Waals surface area contributed by atoms with Crippen molar-refractivity contribution in [2.45, 2.75) is 24.2 Å². The quantitative estimate of drug-likeness (QED) is 0.629. The molecule has 20 heavy (non-hydrogen) atoms. The van der Waals surface area contributed by atoms with Gasteiger partial charge < -0.3 is 4.98 Å². The third-order valence-corrected chi connectivity index (χ3v) is 4.00. The number of carbonyl (C=O) groups excluding carboxylic acids is 1. The molecule has 1 N–H and O–H groups in total. The zero-order valence-corrected chi connectivity index (χ0v) is 12.0. The normalized spacial score (nSPS) is 10.4. The minimum absolute atomic E-state index is 0.0734. The molecule has 0 fully saturated rings. The first kappa shape index (κ1) is 14.6. The Bertz CT molecular complexity index is 607. The average molecular weight is 287 g/mol. The van der Waals surface area contributed by atoms with Gasteiger partial charge in [0.15, 0.2) is 5.43 Å². The van der Waals surface area contributed by atoms with Crippen molar-refractivity contribution in [2.24, 2.45) is 0 Å². The summed E-state index contributed by atoms with van der Waals surface area (Å²) in [4.78, 5) is 27.4. The van der Waals surface area contributed by atoms with Crippen molar-refractivity contribution >= 4 is 17.5 Å². The summed E-state index contributed by atoms with van der Waals surface area (Å²) in [6.07, 6.45) is 4.77. The summed E-state index contributed by atoms with van der Waals surface area (Å²) in [5.41, 5.74) is 0.476. The molecule has 0 unspecified atom stereocenters. The van der Waals surface area contributed by atoms with Crippen molar-refractivity contribution in [3.63, 3.8) is 0 Å². The smallest absolute Gasteiger partial charge is 0.185 e. The molecule has 0 atom stereocenters. The Balaban J connectivity index is 1.71. The molecule has 4 heteroatoms. The number of benzene rings is 1. The molecule has 0 bridgehead atoms. The van der Waals surface area contributed by atoms with Gasteiger partial charge in [-0.2, -0.15) is 0 Å². The number of rotatable bonds is 7. The Morgan fingerprint density at radius 2 is 1.95 bits per heavy atom. The molecule has 104 valence electrons. The van der Waals surface area contributed by atoms with Crippen molar-refractivity contribution in [3.05, 3.63) is 64.6 Å². The van der Waals surface area contributed by atoms with Crippen LogP contribution in [0.25, 0.3) is 0 Å². The van der Waals surface area contributed by atoms with Gasteiger partial charge in [-0.05, 0) is 24.3 Å². The second-order valence-electron chi connectivity index (χ2n) is 4.51. The standard InChI is InChI=1S/C16H17NO2S/c18-14(11-13-12-17-9-8-16(13)19)5-4-10-20-15-6-2-1-3-7-15/h1-3,6-9,12H,4-5,10-11H2,(H,17,19). The van der Waals surface area contributed by atoms with Crippen molar-refractivity contribution in [2.75, 3.05) is 5.75 Å². The van der Waals surface area contributed by atoms with Crippen molar-refractivity contribution in [1.82, 2.24) is 4.98 Å². The number of nitrogens with one attached hydrogen (secondary N) is 1. The number of thioether (sulfide) groups is 1. The molecule has 2 rings (SSSR count). The van der Waals surface area contributed by atoms with Crippen LogP contribution in [0.15, 0.2) is 58.5 Å². The number of ketones is 1. The van der Waals surface area contributed by atoms with E-state index in [1.165, 1.54) is 11.0 Å². The Morgan fingerprint density at radius 1 is 1.15 bits per heavy atom. The minimum Gasteiger partial charge on any atom is -0.367 e. The summed E-state index contributed by atoms with van der Waals surface area (Å²) in [5, 5.41) is 0. The van der Waals surface area contributed by atoms with E-state index in [0.717, 1.165) is 12.2 Å². The summed E-state index contributed by atoms with van der Waals surface area (Å²) < 4.78 is 0. The predicted octanol–water partition coefficient (Wildman–Crippen LogP) is 3.06. The maximum atomic E-state index is 11.8. The lowest BCUT2D eigenvalue weighted by molar-refractivity contribution is -0.118. The summed E-state index contributed by atoms with van der Waals surface area (Å²) in [7, 11) is 0. The lowest BCUT2D eigenvalue weighted by Crippen LogP contribution is -2.13. The fraction of sp³-hybridized carbons (Fsp3) is 0.250. The Morgan fingerprint density at radius 3 is 2.70 bits per heavy atom. The van der Waals surface area contributed by atoms with Crippen molar-refractivity contribution < 1.29 is 4.79 Å². The number of Topliss-reactive ketones (excluding diaryl/α,β-unsaturated/α-hetero) is 1. The van der Waals surface area contributed by atoms with Crippen LogP contribution in [0.2, 0.25) is 0 Å². The minimum atomic E-state index is -0.0734. The molecule has 0 saturated carbocycles. The van der Waals surface area contributed by atoms with Crippen LogP contribution in [-0.2, 0) is 11.2 Å². The lowest BCUT2D eigenvalue weighted by Gasteiger charge is -2.02. The van der Waals surface area contributed by atoms with Gasteiger partial charge in [0.1, 0.15) is 5.78 Å². The zero-order chi connectivity index (χ0) is 14.2. The van der Waals surface area contributed by atoms with Crippen LogP contribution in [0, 0.1) is 0 Å². The van der Waals surface area contributed by atoms with E-state index in [2.05, 4.69) is 17.1 Å². The summed E-state index contributed by atoms with van der Waals surface area (Å²) in [6, 6.07) is 11.6. The molecular weight excluding hydrogens is 270 g/mol. The van der Waals surface area contributed by atoms with Gasteiger partial charge in [0.05, 0.1) is 0 Å². The number of aromatic amines is 1. The van der Waals surface area contributed by atoms with Gasteiger partial charge in [-0.25, -0.2) is 0 Å². The molecule has 0 aliphatic carbocycles. The molecule has 0 saturated heterocycles. The maximum Gasteiger partial charge on any atom is 0.185 e. The first-order valence-corrected chi connectivity index (χ1v) is 7.60. The van der Waals surface area contributed by atoms with Gasteiger partial charge in [-0.1, -0.05) is 18.2 Å². The fourth-order valence-electron chi connectivity index (χ4n) is 1.87. The summed E-state index contributed by atoms with van der Waals surface area (Å²) >= 11 is 1.75. The van der Waals surface area contributed by atoms with Crippen LogP contribution >= 0.6 is 11.8 Å². The number of aromatic nitrogens is 1. The number of hydrogen-bond donors (Lipinski definition) is 1. The highest BCUT2D eigenvalue weighted by molar-refractivity contribution is 7.99. The highest BCUT2D eigenvalue weighted by atomic mass is 32.2. The van der Waals surface area contributed by atoms with E-state index in [4.69, 9.17) is 0 Å². The largest absolute Gasteiger partial charge is 0.367 e. The van der Waals surface area contributed by atoms with Crippen molar-refractivity contribution in [1.29, 1.82) is 0 Å². The van der Waals surface area contributed by atoms with E-state index >= 15 is 0 Å². The van der Waals surface area contributed by atoms with Crippen LogP contribution < -0.4 is 5.43 Å². The molecule has 1 aromatic heterocycles. The fourth-order valence-corrected chi connectivity index (χ4v) is 2.74.